The molecule has 0 aliphatic rings. The van der Waals surface area contributed by atoms with Crippen LogP contribution in [0.25, 0.3) is 10.9 Å². The average molecular weight is 347 g/mol. The van der Waals surface area contributed by atoms with Crippen LogP contribution in [0, 0.1) is 0 Å². The molecule has 0 aliphatic carbocycles. The van der Waals surface area contributed by atoms with Crippen molar-refractivity contribution in [1.29, 1.82) is 0 Å². The van der Waals surface area contributed by atoms with Crippen LogP contribution < -0.4 is 10.6 Å². The molecule has 2 amide bonds. The number of hydrogen-bond acceptors (Lipinski definition) is 2. The molecule has 2 aromatic carbocycles. The Labute approximate surface area is 152 Å². The predicted molar refractivity (Wildman–Crippen MR) is 104 cm³/mol. The summed E-state index contributed by atoms with van der Waals surface area (Å²) in [4.78, 5) is 27.8. The molecule has 5 nitrogen and oxygen atoms in total. The summed E-state index contributed by atoms with van der Waals surface area (Å²) in [6, 6.07) is 15.0. The second-order valence-electron chi connectivity index (χ2n) is 5.95. The molecule has 1 aromatic heterocycles. The molecule has 0 unspecified atom stereocenters. The fraction of sp³-hybridized carbons (Fsp3) is 0.143. The quantitative estimate of drug-likeness (QED) is 0.571. The van der Waals surface area contributed by atoms with E-state index in [0.717, 1.165) is 16.5 Å². The Hall–Kier alpha value is -3.34. The van der Waals surface area contributed by atoms with Crippen molar-refractivity contribution in [3.8, 4) is 0 Å². The molecular weight excluding hydrogens is 326 g/mol. The van der Waals surface area contributed by atoms with Crippen LogP contribution in [-0.2, 0) is 11.2 Å². The molecule has 0 spiro atoms. The maximum absolute atomic E-state index is 12.4. The fourth-order valence-electron chi connectivity index (χ4n) is 2.85. The van der Waals surface area contributed by atoms with Crippen LogP contribution >= 0.6 is 0 Å². The Morgan fingerprint density at radius 1 is 1.08 bits per heavy atom. The van der Waals surface area contributed by atoms with Gasteiger partial charge in [-0.15, -0.1) is 6.58 Å². The van der Waals surface area contributed by atoms with Crippen molar-refractivity contribution < 1.29 is 9.59 Å². The van der Waals surface area contributed by atoms with E-state index in [1.807, 2.05) is 30.5 Å². The highest BCUT2D eigenvalue weighted by molar-refractivity contribution is 6.03. The summed E-state index contributed by atoms with van der Waals surface area (Å²) in [5.74, 6) is -0.364. The molecule has 0 radical (unpaired) electrons. The van der Waals surface area contributed by atoms with E-state index < -0.39 is 0 Å². The molecule has 3 rings (SSSR count). The van der Waals surface area contributed by atoms with E-state index in [2.05, 4.69) is 22.2 Å². The number of fused-ring (bicyclic) bond motifs is 1. The highest BCUT2D eigenvalue weighted by Crippen LogP contribution is 2.20. The fourth-order valence-corrected chi connectivity index (χ4v) is 2.85. The summed E-state index contributed by atoms with van der Waals surface area (Å²) in [6.45, 7) is 3.96. The zero-order valence-corrected chi connectivity index (χ0v) is 14.4. The molecule has 132 valence electrons. The lowest BCUT2D eigenvalue weighted by atomic mass is 10.1. The minimum absolute atomic E-state index is 0.126. The number of hydrogen-bond donors (Lipinski definition) is 3. The summed E-state index contributed by atoms with van der Waals surface area (Å²) < 4.78 is 0. The molecule has 1 heterocycles. The Bertz CT molecular complexity index is 943. The lowest BCUT2D eigenvalue weighted by Crippen LogP contribution is -2.25. The second-order valence-corrected chi connectivity index (χ2v) is 5.95. The third-order valence-corrected chi connectivity index (χ3v) is 4.15. The van der Waals surface area contributed by atoms with Gasteiger partial charge in [0.1, 0.15) is 0 Å². The number of aromatic amines is 1. The number of H-pyrrole nitrogens is 1. The lowest BCUT2D eigenvalue weighted by Gasteiger charge is -2.10. The van der Waals surface area contributed by atoms with E-state index in [9.17, 15) is 9.59 Å². The number of carbonyl (C=O) groups is 2. The van der Waals surface area contributed by atoms with Gasteiger partial charge in [0.05, 0.1) is 11.3 Å². The number of aromatic nitrogens is 1. The number of para-hydroxylation sites is 2. The molecule has 5 heteroatoms. The molecule has 3 N–H and O–H groups in total. The van der Waals surface area contributed by atoms with Crippen molar-refractivity contribution >= 4 is 28.4 Å². The summed E-state index contributed by atoms with van der Waals surface area (Å²) in [7, 11) is 0. The molecule has 0 saturated carbocycles. The maximum atomic E-state index is 12.4. The van der Waals surface area contributed by atoms with Gasteiger partial charge in [-0.2, -0.15) is 0 Å². The first-order chi connectivity index (χ1) is 12.7. The van der Waals surface area contributed by atoms with Crippen LogP contribution in [0.1, 0.15) is 22.3 Å². The van der Waals surface area contributed by atoms with Gasteiger partial charge in [-0.1, -0.05) is 36.4 Å². The normalized spacial score (nSPS) is 10.5. The first kappa shape index (κ1) is 17.5. The third kappa shape index (κ3) is 4.00. The highest BCUT2D eigenvalue weighted by atomic mass is 16.2. The molecule has 0 aliphatic heterocycles. The van der Waals surface area contributed by atoms with Crippen molar-refractivity contribution in [3.05, 3.63) is 78.5 Å². The van der Waals surface area contributed by atoms with Crippen molar-refractivity contribution in [1.82, 2.24) is 10.3 Å². The van der Waals surface area contributed by atoms with Crippen molar-refractivity contribution in [2.75, 3.05) is 11.9 Å². The number of rotatable bonds is 7. The van der Waals surface area contributed by atoms with Gasteiger partial charge in [0, 0.05) is 30.1 Å². The standard InChI is InChI=1S/C21H21N3O2/c1-2-13-22-21(26)17-8-4-6-10-19(17)24-20(25)12-11-15-14-23-18-9-5-3-7-16(15)18/h2-10,14,23H,1,11-13H2,(H,22,26)(H,24,25). The van der Waals surface area contributed by atoms with E-state index in [1.54, 1.807) is 30.3 Å². The summed E-state index contributed by atoms with van der Waals surface area (Å²) in [5, 5.41) is 6.70. The van der Waals surface area contributed by atoms with Crippen LogP contribution in [0.5, 0.6) is 0 Å². The monoisotopic (exact) mass is 347 g/mol. The third-order valence-electron chi connectivity index (χ3n) is 4.15. The summed E-state index contributed by atoms with van der Waals surface area (Å²) >= 11 is 0. The Balaban J connectivity index is 1.65. The molecule has 26 heavy (non-hydrogen) atoms. The van der Waals surface area contributed by atoms with E-state index in [4.69, 9.17) is 0 Å². The number of carbonyl (C=O) groups excluding carboxylic acids is 2. The van der Waals surface area contributed by atoms with Gasteiger partial charge in [0.25, 0.3) is 5.91 Å². The van der Waals surface area contributed by atoms with Crippen molar-refractivity contribution in [3.63, 3.8) is 0 Å². The number of nitrogens with one attached hydrogen (secondary N) is 3. The largest absolute Gasteiger partial charge is 0.361 e. The van der Waals surface area contributed by atoms with Crippen LogP contribution in [0.2, 0.25) is 0 Å². The van der Waals surface area contributed by atoms with Crippen LogP contribution in [0.4, 0.5) is 5.69 Å². The number of benzene rings is 2. The molecule has 0 bridgehead atoms. The van der Waals surface area contributed by atoms with Gasteiger partial charge in [0.15, 0.2) is 0 Å². The first-order valence-corrected chi connectivity index (χ1v) is 8.52. The summed E-state index contributed by atoms with van der Waals surface area (Å²) in [6.07, 6.45) is 4.51. The van der Waals surface area contributed by atoms with Crippen molar-refractivity contribution in [2.24, 2.45) is 0 Å². The average Bonchev–Trinajstić information content (AvgIpc) is 3.08. The first-order valence-electron chi connectivity index (χ1n) is 8.52. The van der Waals surface area contributed by atoms with Crippen LogP contribution in [-0.4, -0.2) is 23.3 Å². The zero-order chi connectivity index (χ0) is 18.4. The second kappa shape index (κ2) is 8.16. The Morgan fingerprint density at radius 2 is 1.85 bits per heavy atom. The van der Waals surface area contributed by atoms with Gasteiger partial charge in [-0.3, -0.25) is 9.59 Å². The predicted octanol–water partition coefficient (Wildman–Crippen LogP) is 3.66. The number of anilines is 1. The minimum atomic E-state index is -0.238. The van der Waals surface area contributed by atoms with Gasteiger partial charge in [-0.25, -0.2) is 0 Å². The molecule has 0 fully saturated rings. The Kier molecular flexibility index (Phi) is 5.49. The highest BCUT2D eigenvalue weighted by Gasteiger charge is 2.13. The van der Waals surface area contributed by atoms with E-state index in [-0.39, 0.29) is 11.8 Å². The van der Waals surface area contributed by atoms with Gasteiger partial charge >= 0.3 is 0 Å². The molecule has 3 aromatic rings. The van der Waals surface area contributed by atoms with Crippen molar-refractivity contribution in [2.45, 2.75) is 12.8 Å². The molecular formula is C21H21N3O2. The van der Waals surface area contributed by atoms with Crippen LogP contribution in [0.3, 0.4) is 0 Å². The Morgan fingerprint density at radius 3 is 2.69 bits per heavy atom. The van der Waals surface area contributed by atoms with E-state index in [1.165, 1.54) is 0 Å². The SMILES string of the molecule is C=CCNC(=O)c1ccccc1NC(=O)CCc1c[nH]c2ccccc12. The van der Waals surface area contributed by atoms with Gasteiger partial charge in [-0.05, 0) is 30.2 Å². The number of amides is 2. The molecule has 0 atom stereocenters. The maximum Gasteiger partial charge on any atom is 0.253 e. The molecule has 0 saturated heterocycles. The number of aryl methyl sites for hydroxylation is 1. The lowest BCUT2D eigenvalue weighted by molar-refractivity contribution is -0.116. The zero-order valence-electron chi connectivity index (χ0n) is 14.4. The van der Waals surface area contributed by atoms with E-state index >= 15 is 0 Å². The smallest absolute Gasteiger partial charge is 0.253 e. The summed E-state index contributed by atoms with van der Waals surface area (Å²) in [5.41, 5.74) is 3.12. The van der Waals surface area contributed by atoms with Gasteiger partial charge in [0.2, 0.25) is 5.91 Å². The van der Waals surface area contributed by atoms with Crippen LogP contribution in [0.15, 0.2) is 67.4 Å². The topological polar surface area (TPSA) is 74.0 Å². The van der Waals surface area contributed by atoms with E-state index in [0.29, 0.717) is 30.6 Å². The minimum Gasteiger partial charge on any atom is -0.361 e. The van der Waals surface area contributed by atoms with Gasteiger partial charge < -0.3 is 15.6 Å².